The van der Waals surface area contributed by atoms with Crippen molar-refractivity contribution >= 4 is 11.6 Å². The van der Waals surface area contributed by atoms with E-state index in [-0.39, 0.29) is 0 Å². The molecule has 4 heteroatoms. The summed E-state index contributed by atoms with van der Waals surface area (Å²) in [6.45, 7) is 0. The van der Waals surface area contributed by atoms with Gasteiger partial charge in [0.25, 0.3) is 0 Å². The Labute approximate surface area is 134 Å². The van der Waals surface area contributed by atoms with E-state index in [1.54, 1.807) is 0 Å². The minimum atomic E-state index is 0.348. The summed E-state index contributed by atoms with van der Waals surface area (Å²) in [6, 6.07) is 14.1. The largest absolute Gasteiger partial charge is 0.457 e. The maximum atomic E-state index is 6.06. The molecule has 1 atom stereocenters. The van der Waals surface area contributed by atoms with E-state index in [1.165, 1.54) is 11.1 Å². The Bertz CT molecular complexity index is 799. The van der Waals surface area contributed by atoms with Gasteiger partial charge < -0.3 is 9.30 Å². The van der Waals surface area contributed by atoms with Crippen molar-refractivity contribution in [3.63, 3.8) is 0 Å². The Hall–Kier alpha value is -2.26. The Kier molecular flexibility index (Phi) is 3.35. The fourth-order valence-electron chi connectivity index (χ4n) is 3.12. The molecule has 0 amide bonds. The lowest BCUT2D eigenvalue weighted by Gasteiger charge is -2.14. The highest BCUT2D eigenvalue weighted by molar-refractivity contribution is 6.30. The maximum absolute atomic E-state index is 6.06. The summed E-state index contributed by atoms with van der Waals surface area (Å²) in [7, 11) is 0. The van der Waals surface area contributed by atoms with E-state index in [4.69, 9.17) is 16.3 Å². The van der Waals surface area contributed by atoms with Crippen molar-refractivity contribution in [1.29, 1.82) is 0 Å². The van der Waals surface area contributed by atoms with E-state index in [2.05, 4.69) is 15.6 Å². The molecule has 0 spiro atoms. The van der Waals surface area contributed by atoms with Crippen LogP contribution < -0.4 is 4.74 Å². The standard InChI is InChI=1S/C18H15ClN2O/c19-13-3-1-4-14(11-13)22-18-6-2-5-15-16(18)7-8-17(15)21-10-9-20-12-21/h1-6,9-12,17H,7-8H2. The molecule has 0 N–H and O–H groups in total. The fourth-order valence-corrected chi connectivity index (χ4v) is 3.30. The number of rotatable bonds is 3. The summed E-state index contributed by atoms with van der Waals surface area (Å²) in [5, 5.41) is 0.682. The van der Waals surface area contributed by atoms with Crippen molar-refractivity contribution in [2.24, 2.45) is 0 Å². The molecular formula is C18H15ClN2O. The number of nitrogens with zero attached hydrogens (tertiary/aromatic N) is 2. The number of hydrogen-bond acceptors (Lipinski definition) is 2. The van der Waals surface area contributed by atoms with Crippen molar-refractivity contribution in [1.82, 2.24) is 9.55 Å². The molecule has 1 aromatic heterocycles. The van der Waals surface area contributed by atoms with E-state index >= 15 is 0 Å². The molecule has 1 aliphatic carbocycles. The molecule has 110 valence electrons. The van der Waals surface area contributed by atoms with Crippen LogP contribution >= 0.6 is 11.6 Å². The lowest BCUT2D eigenvalue weighted by atomic mass is 10.1. The second-order valence-electron chi connectivity index (χ2n) is 5.45. The number of benzene rings is 2. The molecule has 4 rings (SSSR count). The summed E-state index contributed by atoms with van der Waals surface area (Å²) in [4.78, 5) is 4.16. The van der Waals surface area contributed by atoms with Gasteiger partial charge in [-0.2, -0.15) is 0 Å². The normalized spacial score (nSPS) is 16.5. The van der Waals surface area contributed by atoms with Gasteiger partial charge in [-0.25, -0.2) is 4.98 Å². The van der Waals surface area contributed by atoms with Crippen molar-refractivity contribution in [3.8, 4) is 11.5 Å². The van der Waals surface area contributed by atoms with E-state index < -0.39 is 0 Å². The Morgan fingerprint density at radius 3 is 2.91 bits per heavy atom. The molecule has 0 fully saturated rings. The first-order chi connectivity index (χ1) is 10.8. The number of ether oxygens (including phenoxy) is 1. The number of aromatic nitrogens is 2. The summed E-state index contributed by atoms with van der Waals surface area (Å²) in [5.41, 5.74) is 2.60. The molecule has 2 aromatic carbocycles. The van der Waals surface area contributed by atoms with E-state index in [9.17, 15) is 0 Å². The van der Waals surface area contributed by atoms with Gasteiger partial charge in [0, 0.05) is 23.0 Å². The van der Waals surface area contributed by atoms with Gasteiger partial charge in [0.05, 0.1) is 12.4 Å². The van der Waals surface area contributed by atoms with Crippen LogP contribution in [0.25, 0.3) is 0 Å². The van der Waals surface area contributed by atoms with Gasteiger partial charge in [0.15, 0.2) is 0 Å². The van der Waals surface area contributed by atoms with Crippen LogP contribution in [0.2, 0.25) is 5.02 Å². The van der Waals surface area contributed by atoms with Crippen molar-refractivity contribution in [2.45, 2.75) is 18.9 Å². The zero-order chi connectivity index (χ0) is 14.9. The lowest BCUT2D eigenvalue weighted by molar-refractivity contribution is 0.477. The van der Waals surface area contributed by atoms with Crippen molar-refractivity contribution in [2.75, 3.05) is 0 Å². The summed E-state index contributed by atoms with van der Waals surface area (Å²) < 4.78 is 8.22. The highest BCUT2D eigenvalue weighted by Crippen LogP contribution is 2.40. The topological polar surface area (TPSA) is 27.1 Å². The molecule has 22 heavy (non-hydrogen) atoms. The van der Waals surface area contributed by atoms with Crippen molar-refractivity contribution in [3.05, 3.63) is 77.3 Å². The molecule has 0 radical (unpaired) electrons. The third-order valence-electron chi connectivity index (χ3n) is 4.10. The first kappa shape index (κ1) is 13.4. The second-order valence-corrected chi connectivity index (χ2v) is 5.88. The van der Waals surface area contributed by atoms with Crippen molar-refractivity contribution < 1.29 is 4.74 Å². The smallest absolute Gasteiger partial charge is 0.130 e. The van der Waals surface area contributed by atoms with Gasteiger partial charge in [-0.05, 0) is 42.7 Å². The van der Waals surface area contributed by atoms with Gasteiger partial charge >= 0.3 is 0 Å². The maximum Gasteiger partial charge on any atom is 0.130 e. The molecule has 0 bridgehead atoms. The average Bonchev–Trinajstić information content (AvgIpc) is 3.16. The van der Waals surface area contributed by atoms with Crippen LogP contribution in [0.3, 0.4) is 0 Å². The molecule has 0 saturated carbocycles. The van der Waals surface area contributed by atoms with Gasteiger partial charge in [-0.15, -0.1) is 0 Å². The molecular weight excluding hydrogens is 296 g/mol. The third kappa shape index (κ3) is 2.38. The van der Waals surface area contributed by atoms with E-state index in [0.29, 0.717) is 11.1 Å². The minimum absolute atomic E-state index is 0.348. The van der Waals surface area contributed by atoms with Crippen LogP contribution in [0, 0.1) is 0 Å². The van der Waals surface area contributed by atoms with Gasteiger partial charge in [0.1, 0.15) is 11.5 Å². The molecule has 1 unspecified atom stereocenters. The zero-order valence-electron chi connectivity index (χ0n) is 11.9. The molecule has 0 saturated heterocycles. The van der Waals surface area contributed by atoms with Crippen LogP contribution in [-0.2, 0) is 6.42 Å². The quantitative estimate of drug-likeness (QED) is 0.690. The SMILES string of the molecule is Clc1cccc(Oc2cccc3c2CCC3n2ccnc2)c1. The Morgan fingerprint density at radius 2 is 2.09 bits per heavy atom. The highest BCUT2D eigenvalue weighted by atomic mass is 35.5. The van der Waals surface area contributed by atoms with Crippen LogP contribution in [0.4, 0.5) is 0 Å². The average molecular weight is 311 g/mol. The van der Waals surface area contributed by atoms with Crippen LogP contribution in [0.5, 0.6) is 11.5 Å². The van der Waals surface area contributed by atoms with Gasteiger partial charge in [0.2, 0.25) is 0 Å². The Morgan fingerprint density at radius 1 is 1.18 bits per heavy atom. The zero-order valence-corrected chi connectivity index (χ0v) is 12.7. The lowest BCUT2D eigenvalue weighted by Crippen LogP contribution is -2.04. The number of halogens is 1. The van der Waals surface area contributed by atoms with Gasteiger partial charge in [-0.1, -0.05) is 29.8 Å². The van der Waals surface area contributed by atoms with Crippen LogP contribution in [0.1, 0.15) is 23.6 Å². The molecule has 0 aliphatic heterocycles. The Balaban J connectivity index is 1.69. The molecule has 1 heterocycles. The van der Waals surface area contributed by atoms with E-state index in [1.807, 2.05) is 55.1 Å². The predicted octanol–water partition coefficient (Wildman–Crippen LogP) is 4.86. The number of fused-ring (bicyclic) bond motifs is 1. The fraction of sp³-hybridized carbons (Fsp3) is 0.167. The second kappa shape index (κ2) is 5.50. The number of hydrogen-bond donors (Lipinski definition) is 0. The highest BCUT2D eigenvalue weighted by Gasteiger charge is 2.26. The number of imidazole rings is 1. The van der Waals surface area contributed by atoms with Gasteiger partial charge in [-0.3, -0.25) is 0 Å². The minimum Gasteiger partial charge on any atom is -0.457 e. The summed E-state index contributed by atoms with van der Waals surface area (Å²) in [5.74, 6) is 1.69. The molecule has 3 nitrogen and oxygen atoms in total. The van der Waals surface area contributed by atoms with Crippen LogP contribution in [0.15, 0.2) is 61.2 Å². The van der Waals surface area contributed by atoms with E-state index in [0.717, 1.165) is 24.3 Å². The van der Waals surface area contributed by atoms with Crippen LogP contribution in [-0.4, -0.2) is 9.55 Å². The molecule has 1 aliphatic rings. The first-order valence-corrected chi connectivity index (χ1v) is 7.72. The predicted molar refractivity (Wildman–Crippen MR) is 86.7 cm³/mol. The first-order valence-electron chi connectivity index (χ1n) is 7.34. The third-order valence-corrected chi connectivity index (χ3v) is 4.34. The molecule has 3 aromatic rings. The summed E-state index contributed by atoms with van der Waals surface area (Å²) in [6.07, 6.45) is 7.80. The summed E-state index contributed by atoms with van der Waals surface area (Å²) >= 11 is 6.03. The monoisotopic (exact) mass is 310 g/mol.